The van der Waals surface area contributed by atoms with E-state index >= 15 is 0 Å². The van der Waals surface area contributed by atoms with Crippen molar-refractivity contribution in [3.63, 3.8) is 0 Å². The molecule has 1 heterocycles. The summed E-state index contributed by atoms with van der Waals surface area (Å²) < 4.78 is 18.4. The lowest BCUT2D eigenvalue weighted by atomic mass is 9.93. The Labute approximate surface area is 155 Å². The van der Waals surface area contributed by atoms with Gasteiger partial charge < -0.3 is 10.1 Å². The third kappa shape index (κ3) is 4.97. The average Bonchev–Trinajstić information content (AvgIpc) is 2.66. The van der Waals surface area contributed by atoms with Crippen molar-refractivity contribution in [1.82, 2.24) is 10.8 Å². The summed E-state index contributed by atoms with van der Waals surface area (Å²) in [6.07, 6.45) is 1.96. The number of carbonyl (C=O) groups is 1. The molecule has 0 aliphatic carbocycles. The number of hydrogen-bond acceptors (Lipinski definition) is 5. The fourth-order valence-electron chi connectivity index (χ4n) is 2.99. The predicted molar refractivity (Wildman–Crippen MR) is 98.2 cm³/mol. The van der Waals surface area contributed by atoms with Gasteiger partial charge in [-0.3, -0.25) is 10.0 Å². The minimum Gasteiger partial charge on any atom is -0.457 e. The Morgan fingerprint density at radius 3 is 2.27 bits per heavy atom. The van der Waals surface area contributed by atoms with Crippen molar-refractivity contribution < 1.29 is 19.1 Å². The smallest absolute Gasteiger partial charge is 0.244 e. The Bertz CT molecular complexity index is 731. The molecule has 7 heteroatoms. The van der Waals surface area contributed by atoms with Gasteiger partial charge in [-0.2, -0.15) is 0 Å². The first-order chi connectivity index (χ1) is 12.6. The first-order valence-electron chi connectivity index (χ1n) is 8.45. The van der Waals surface area contributed by atoms with Crippen LogP contribution >= 0.6 is 11.8 Å². The van der Waals surface area contributed by atoms with Crippen molar-refractivity contribution in [1.29, 1.82) is 0 Å². The molecule has 138 valence electrons. The van der Waals surface area contributed by atoms with E-state index in [1.807, 2.05) is 24.3 Å². The van der Waals surface area contributed by atoms with Crippen LogP contribution in [0.1, 0.15) is 19.3 Å². The van der Waals surface area contributed by atoms with Crippen LogP contribution in [0.2, 0.25) is 0 Å². The minimum atomic E-state index is -0.365. The summed E-state index contributed by atoms with van der Waals surface area (Å²) >= 11 is 1.66. The molecule has 1 fully saturated rings. The quantitative estimate of drug-likeness (QED) is 0.529. The van der Waals surface area contributed by atoms with E-state index in [0.717, 1.165) is 30.8 Å². The number of rotatable bonds is 6. The lowest BCUT2D eigenvalue weighted by Gasteiger charge is -2.36. The maximum Gasteiger partial charge on any atom is 0.244 e. The van der Waals surface area contributed by atoms with E-state index in [9.17, 15) is 9.18 Å². The molecule has 0 spiro atoms. The van der Waals surface area contributed by atoms with Gasteiger partial charge >= 0.3 is 0 Å². The molecule has 1 aliphatic heterocycles. The summed E-state index contributed by atoms with van der Waals surface area (Å²) in [5.74, 6) is 0.564. The van der Waals surface area contributed by atoms with Crippen molar-refractivity contribution >= 4 is 17.7 Å². The third-order valence-corrected chi connectivity index (χ3v) is 5.82. The molecule has 1 saturated heterocycles. The lowest BCUT2D eigenvalue weighted by Crippen LogP contribution is -2.42. The summed E-state index contributed by atoms with van der Waals surface area (Å²) in [4.78, 5) is 12.7. The lowest BCUT2D eigenvalue weighted by molar-refractivity contribution is -0.129. The van der Waals surface area contributed by atoms with Crippen LogP contribution in [0.4, 0.5) is 4.39 Å². The Morgan fingerprint density at radius 2 is 1.69 bits per heavy atom. The van der Waals surface area contributed by atoms with Crippen molar-refractivity contribution in [2.45, 2.75) is 28.9 Å². The Morgan fingerprint density at radius 1 is 1.12 bits per heavy atom. The van der Waals surface area contributed by atoms with Gasteiger partial charge in [-0.25, -0.2) is 9.87 Å². The normalized spacial score (nSPS) is 16.1. The topological polar surface area (TPSA) is 70.6 Å². The first kappa shape index (κ1) is 18.7. The number of carbonyl (C=O) groups excluding carboxylic acids is 1. The molecule has 1 aliphatic rings. The largest absolute Gasteiger partial charge is 0.457 e. The molecular weight excluding hydrogens is 355 g/mol. The van der Waals surface area contributed by atoms with Gasteiger partial charge in [0.25, 0.3) is 0 Å². The van der Waals surface area contributed by atoms with Gasteiger partial charge in [-0.05, 0) is 74.5 Å². The molecular formula is C19H21FN2O3S. The van der Waals surface area contributed by atoms with Crippen LogP contribution in [0.15, 0.2) is 53.4 Å². The molecule has 3 N–H and O–H groups in total. The van der Waals surface area contributed by atoms with Crippen LogP contribution in [0.5, 0.6) is 11.5 Å². The minimum absolute atomic E-state index is 0.239. The van der Waals surface area contributed by atoms with Crippen molar-refractivity contribution in [3.8, 4) is 11.5 Å². The summed E-state index contributed by atoms with van der Waals surface area (Å²) in [5.41, 5.74) is 1.74. The molecule has 2 aromatic carbocycles. The highest BCUT2D eigenvalue weighted by Crippen LogP contribution is 2.42. The van der Waals surface area contributed by atoms with Gasteiger partial charge in [0, 0.05) is 16.1 Å². The number of thioether (sulfide) groups is 1. The first-order valence-corrected chi connectivity index (χ1v) is 9.26. The Kier molecular flexibility index (Phi) is 6.13. The monoisotopic (exact) mass is 376 g/mol. The number of benzene rings is 2. The predicted octanol–water partition coefficient (Wildman–Crippen LogP) is 3.73. The fraction of sp³-hybridized carbons (Fsp3) is 0.316. The fourth-order valence-corrected chi connectivity index (χ4v) is 4.38. The molecule has 0 bridgehead atoms. The van der Waals surface area contributed by atoms with Crippen LogP contribution in [0, 0.1) is 5.82 Å². The zero-order valence-corrected chi connectivity index (χ0v) is 15.0. The van der Waals surface area contributed by atoms with Gasteiger partial charge in [0.2, 0.25) is 5.91 Å². The summed E-state index contributed by atoms with van der Waals surface area (Å²) in [6, 6.07) is 13.5. The zero-order chi connectivity index (χ0) is 18.4. The number of hydroxylamine groups is 1. The number of hydrogen-bond donors (Lipinski definition) is 3. The SMILES string of the molecule is O=C(CC1(Sc2ccc(Oc3ccc(F)cc3)cc2)CCNCC1)NO. The second-order valence-corrected chi connectivity index (χ2v) is 7.82. The van der Waals surface area contributed by atoms with Gasteiger partial charge in [0.15, 0.2) is 0 Å². The van der Waals surface area contributed by atoms with Crippen LogP contribution in [0.3, 0.4) is 0 Å². The highest BCUT2D eigenvalue weighted by molar-refractivity contribution is 8.00. The maximum absolute atomic E-state index is 12.9. The van der Waals surface area contributed by atoms with E-state index < -0.39 is 0 Å². The van der Waals surface area contributed by atoms with E-state index in [2.05, 4.69) is 5.32 Å². The molecule has 0 aromatic heterocycles. The molecule has 0 radical (unpaired) electrons. The molecule has 5 nitrogen and oxygen atoms in total. The van der Waals surface area contributed by atoms with E-state index in [1.165, 1.54) is 12.1 Å². The molecule has 0 unspecified atom stereocenters. The second-order valence-electron chi connectivity index (χ2n) is 6.27. The highest BCUT2D eigenvalue weighted by atomic mass is 32.2. The standard InChI is InChI=1S/C19H21FN2O3S/c20-14-1-3-15(4-2-14)25-16-5-7-17(8-6-16)26-19(13-18(23)22-24)9-11-21-12-10-19/h1-8,21,24H,9-13H2,(H,22,23). The second kappa shape index (κ2) is 8.53. The molecule has 0 atom stereocenters. The average molecular weight is 376 g/mol. The summed E-state index contributed by atoms with van der Waals surface area (Å²) in [5, 5.41) is 12.2. The van der Waals surface area contributed by atoms with Crippen LogP contribution < -0.4 is 15.5 Å². The van der Waals surface area contributed by atoms with E-state index in [-0.39, 0.29) is 22.9 Å². The van der Waals surface area contributed by atoms with E-state index in [1.54, 1.807) is 29.4 Å². The number of amides is 1. The van der Waals surface area contributed by atoms with Gasteiger partial charge in [0.1, 0.15) is 17.3 Å². The Balaban J connectivity index is 1.68. The van der Waals surface area contributed by atoms with Crippen molar-refractivity contribution in [2.75, 3.05) is 13.1 Å². The van der Waals surface area contributed by atoms with Crippen molar-refractivity contribution in [2.24, 2.45) is 0 Å². The molecule has 3 rings (SSSR count). The van der Waals surface area contributed by atoms with E-state index in [4.69, 9.17) is 9.94 Å². The highest BCUT2D eigenvalue weighted by Gasteiger charge is 2.35. The molecule has 1 amide bonds. The van der Waals surface area contributed by atoms with E-state index in [0.29, 0.717) is 11.5 Å². The number of piperidine rings is 1. The van der Waals surface area contributed by atoms with Crippen LogP contribution in [0.25, 0.3) is 0 Å². The third-order valence-electron chi connectivity index (χ3n) is 4.33. The van der Waals surface area contributed by atoms with Crippen LogP contribution in [-0.4, -0.2) is 29.0 Å². The van der Waals surface area contributed by atoms with Crippen molar-refractivity contribution in [3.05, 3.63) is 54.3 Å². The van der Waals surface area contributed by atoms with Crippen LogP contribution in [-0.2, 0) is 4.79 Å². The Hall–Kier alpha value is -2.09. The van der Waals surface area contributed by atoms with Gasteiger partial charge in [-0.15, -0.1) is 11.8 Å². The number of nitrogens with one attached hydrogen (secondary N) is 2. The zero-order valence-electron chi connectivity index (χ0n) is 14.2. The summed E-state index contributed by atoms with van der Waals surface area (Å²) in [6.45, 7) is 1.69. The van der Waals surface area contributed by atoms with Gasteiger partial charge in [-0.1, -0.05) is 0 Å². The molecule has 0 saturated carbocycles. The maximum atomic E-state index is 12.9. The molecule has 26 heavy (non-hydrogen) atoms. The summed E-state index contributed by atoms with van der Waals surface area (Å²) in [7, 11) is 0. The van der Waals surface area contributed by atoms with Gasteiger partial charge in [0.05, 0.1) is 0 Å². The number of halogens is 1. The molecule has 2 aromatic rings. The number of ether oxygens (including phenoxy) is 1.